The second-order valence-electron chi connectivity index (χ2n) is 8.82. The van der Waals surface area contributed by atoms with E-state index in [4.69, 9.17) is 5.73 Å². The van der Waals surface area contributed by atoms with E-state index in [0.29, 0.717) is 24.1 Å². The number of carbonyl (C=O) groups is 1. The molecule has 2 aromatic rings. The summed E-state index contributed by atoms with van der Waals surface area (Å²) in [7, 11) is 0. The fraction of sp³-hybridized carbons (Fsp3) is 0.333. The summed E-state index contributed by atoms with van der Waals surface area (Å²) in [6.07, 6.45) is 0.850. The van der Waals surface area contributed by atoms with E-state index in [9.17, 15) is 20.2 Å². The zero-order chi connectivity index (χ0) is 23.9. The Hall–Kier alpha value is -3.09. The van der Waals surface area contributed by atoms with Crippen molar-refractivity contribution in [3.05, 3.63) is 74.1 Å². The number of thiophene rings is 1. The van der Waals surface area contributed by atoms with E-state index in [1.165, 1.54) is 6.07 Å². The Kier molecular flexibility index (Phi) is 6.08. The van der Waals surface area contributed by atoms with Gasteiger partial charge in [-0.1, -0.05) is 32.9 Å². The lowest BCUT2D eigenvalue weighted by Crippen LogP contribution is -2.42. The van der Waals surface area contributed by atoms with Crippen LogP contribution in [0.5, 0.6) is 0 Å². The molecule has 2 heterocycles. The third kappa shape index (κ3) is 3.94. The summed E-state index contributed by atoms with van der Waals surface area (Å²) in [6, 6.07) is 10.5. The molecule has 0 fully saturated rings. The van der Waals surface area contributed by atoms with Crippen molar-refractivity contribution >= 4 is 40.3 Å². The maximum absolute atomic E-state index is 13.6. The summed E-state index contributed by atoms with van der Waals surface area (Å²) in [5.41, 5.74) is 8.71. The summed E-state index contributed by atoms with van der Waals surface area (Å²) in [5, 5.41) is 24.0. The number of Topliss-reactive ketones (excluding diaryl/α,β-unsaturated/α-hetero) is 1. The molecule has 0 saturated carbocycles. The number of benzene rings is 1. The number of anilines is 1. The number of rotatable bonds is 5. The molecule has 1 atom stereocenters. The zero-order valence-corrected chi connectivity index (χ0v) is 20.3. The number of nitrogens with zero attached hydrogens (tertiary/aromatic N) is 3. The van der Waals surface area contributed by atoms with E-state index in [0.717, 1.165) is 15.5 Å². The van der Waals surface area contributed by atoms with Crippen LogP contribution >= 0.6 is 23.1 Å². The minimum Gasteiger partial charge on any atom is -0.384 e. The summed E-state index contributed by atoms with van der Waals surface area (Å²) < 4.78 is 1.05. The fourth-order valence-corrected chi connectivity index (χ4v) is 6.74. The molecule has 0 spiro atoms. The number of hydrogen-bond donors (Lipinski definition) is 1. The van der Waals surface area contributed by atoms with E-state index in [1.807, 2.05) is 25.3 Å². The average molecular weight is 481 g/mol. The van der Waals surface area contributed by atoms with Crippen LogP contribution in [0.4, 0.5) is 11.4 Å². The lowest BCUT2D eigenvalue weighted by Gasteiger charge is -2.43. The van der Waals surface area contributed by atoms with Gasteiger partial charge in [0.25, 0.3) is 5.69 Å². The third-order valence-electron chi connectivity index (χ3n) is 5.95. The first-order valence-electron chi connectivity index (χ1n) is 10.6. The van der Waals surface area contributed by atoms with Gasteiger partial charge in [-0.3, -0.25) is 19.8 Å². The molecular weight excluding hydrogens is 456 g/mol. The summed E-state index contributed by atoms with van der Waals surface area (Å²) >= 11 is 3.25. The van der Waals surface area contributed by atoms with Crippen LogP contribution in [0.1, 0.15) is 45.1 Å². The van der Waals surface area contributed by atoms with E-state index in [2.05, 4.69) is 13.0 Å². The second kappa shape index (κ2) is 8.69. The molecule has 1 aromatic heterocycles. The number of nitro benzene ring substituents is 1. The number of thioether (sulfide) groups is 1. The molecule has 33 heavy (non-hydrogen) atoms. The van der Waals surface area contributed by atoms with Crippen molar-refractivity contribution in [3.8, 4) is 6.07 Å². The van der Waals surface area contributed by atoms with Crippen LogP contribution in [-0.4, -0.2) is 16.5 Å². The monoisotopic (exact) mass is 480 g/mol. The number of allylic oxidation sites excluding steroid dienone is 3. The van der Waals surface area contributed by atoms with Crippen LogP contribution < -0.4 is 10.6 Å². The molecule has 1 aromatic carbocycles. The largest absolute Gasteiger partial charge is 0.384 e. The first-order chi connectivity index (χ1) is 15.7. The highest BCUT2D eigenvalue weighted by molar-refractivity contribution is 8.01. The van der Waals surface area contributed by atoms with Crippen molar-refractivity contribution in [1.82, 2.24) is 0 Å². The van der Waals surface area contributed by atoms with Gasteiger partial charge >= 0.3 is 0 Å². The molecule has 1 unspecified atom stereocenters. The SMILES string of the molecule is CCSc1sccc1C1C(C#N)=C(N)N(c2ccccc2[N+](=O)[O-])C2=C1C(=O)CC(C)(C)C2. The lowest BCUT2D eigenvalue weighted by atomic mass is 9.69. The molecule has 2 N–H and O–H groups in total. The highest BCUT2D eigenvalue weighted by atomic mass is 32.2. The van der Waals surface area contributed by atoms with Gasteiger partial charge in [-0.05, 0) is 40.7 Å². The van der Waals surface area contributed by atoms with Gasteiger partial charge in [0.2, 0.25) is 0 Å². The first-order valence-corrected chi connectivity index (χ1v) is 12.5. The van der Waals surface area contributed by atoms with Crippen molar-refractivity contribution in [2.75, 3.05) is 10.7 Å². The molecule has 2 aliphatic rings. The van der Waals surface area contributed by atoms with Gasteiger partial charge in [0.15, 0.2) is 5.78 Å². The Balaban J connectivity index is 2.03. The van der Waals surface area contributed by atoms with Crippen LogP contribution in [-0.2, 0) is 4.79 Å². The van der Waals surface area contributed by atoms with E-state index >= 15 is 0 Å². The molecule has 0 radical (unpaired) electrons. The molecule has 1 aliphatic heterocycles. The maximum atomic E-state index is 13.6. The Bertz CT molecular complexity index is 1250. The van der Waals surface area contributed by atoms with Crippen molar-refractivity contribution in [2.24, 2.45) is 11.1 Å². The van der Waals surface area contributed by atoms with Crippen molar-refractivity contribution in [2.45, 2.75) is 43.7 Å². The van der Waals surface area contributed by atoms with Gasteiger partial charge in [0.1, 0.15) is 11.5 Å². The smallest absolute Gasteiger partial charge is 0.293 e. The number of ketones is 1. The molecule has 0 bridgehead atoms. The predicted octanol–water partition coefficient (Wildman–Crippen LogP) is 5.71. The van der Waals surface area contributed by atoms with E-state index in [1.54, 1.807) is 46.2 Å². The summed E-state index contributed by atoms with van der Waals surface area (Å²) in [4.78, 5) is 26.5. The minimum absolute atomic E-state index is 0.0475. The Morgan fingerprint density at radius 2 is 2.06 bits per heavy atom. The van der Waals surface area contributed by atoms with Gasteiger partial charge in [0, 0.05) is 23.8 Å². The maximum Gasteiger partial charge on any atom is 0.293 e. The number of carbonyl (C=O) groups excluding carboxylic acids is 1. The molecule has 0 saturated heterocycles. The van der Waals surface area contributed by atoms with Gasteiger partial charge in [-0.2, -0.15) is 5.26 Å². The normalized spacial score (nSPS) is 20.0. The van der Waals surface area contributed by atoms with Crippen molar-refractivity contribution < 1.29 is 9.72 Å². The molecule has 4 rings (SSSR count). The Morgan fingerprint density at radius 3 is 2.73 bits per heavy atom. The van der Waals surface area contributed by atoms with E-state index in [-0.39, 0.29) is 34.0 Å². The molecule has 0 amide bonds. The molecule has 9 heteroatoms. The summed E-state index contributed by atoms with van der Waals surface area (Å²) in [5.74, 6) is 0.373. The predicted molar refractivity (Wildman–Crippen MR) is 131 cm³/mol. The highest BCUT2D eigenvalue weighted by Gasteiger charge is 2.46. The highest BCUT2D eigenvalue weighted by Crippen LogP contribution is 2.52. The number of nitro groups is 1. The zero-order valence-electron chi connectivity index (χ0n) is 18.6. The van der Waals surface area contributed by atoms with Crippen molar-refractivity contribution in [1.29, 1.82) is 5.26 Å². The van der Waals surface area contributed by atoms with Crippen LogP contribution in [0.25, 0.3) is 0 Å². The van der Waals surface area contributed by atoms with Crippen LogP contribution in [0, 0.1) is 26.9 Å². The number of para-hydroxylation sites is 2. The topological polar surface area (TPSA) is 113 Å². The lowest BCUT2D eigenvalue weighted by molar-refractivity contribution is -0.384. The van der Waals surface area contributed by atoms with Gasteiger partial charge < -0.3 is 5.73 Å². The number of nitriles is 1. The number of nitrogens with two attached hydrogens (primary N) is 1. The molecule has 170 valence electrons. The van der Waals surface area contributed by atoms with Gasteiger partial charge in [0.05, 0.1) is 26.7 Å². The minimum atomic E-state index is -0.576. The van der Waals surface area contributed by atoms with Gasteiger partial charge in [-0.15, -0.1) is 23.1 Å². The first kappa shape index (κ1) is 23.1. The van der Waals surface area contributed by atoms with Crippen LogP contribution in [0.3, 0.4) is 0 Å². The standard InChI is InChI=1S/C24H24N4O3S2/c1-4-32-23-14(9-10-33-23)20-15(13-25)22(26)27(16-7-5-6-8-17(16)28(30)31)18-11-24(2,3)12-19(29)21(18)20/h5-10,20H,4,11-12,26H2,1-3H3. The third-order valence-corrected chi connectivity index (χ3v) is 8.10. The van der Waals surface area contributed by atoms with Crippen LogP contribution in [0.15, 0.2) is 62.6 Å². The van der Waals surface area contributed by atoms with E-state index < -0.39 is 10.8 Å². The Morgan fingerprint density at radius 1 is 1.33 bits per heavy atom. The molecule has 1 aliphatic carbocycles. The quantitative estimate of drug-likeness (QED) is 0.331. The number of hydrogen-bond acceptors (Lipinski definition) is 8. The van der Waals surface area contributed by atoms with Crippen LogP contribution in [0.2, 0.25) is 0 Å². The fourth-order valence-electron chi connectivity index (χ4n) is 4.67. The Labute approximate surface area is 200 Å². The average Bonchev–Trinajstić information content (AvgIpc) is 3.20. The molecule has 7 nitrogen and oxygen atoms in total. The van der Waals surface area contributed by atoms with Crippen molar-refractivity contribution in [3.63, 3.8) is 0 Å². The van der Waals surface area contributed by atoms with Gasteiger partial charge in [-0.25, -0.2) is 0 Å². The summed E-state index contributed by atoms with van der Waals surface area (Å²) in [6.45, 7) is 6.06. The molecular formula is C24H24N4O3S2. The second-order valence-corrected chi connectivity index (χ2v) is 11.3.